The van der Waals surface area contributed by atoms with Gasteiger partial charge in [0.05, 0.1) is 18.9 Å². The second-order valence-corrected chi connectivity index (χ2v) is 7.87. The minimum Gasteiger partial charge on any atom is -0.490 e. The Morgan fingerprint density at radius 1 is 1.09 bits per heavy atom. The zero-order valence-electron chi connectivity index (χ0n) is 20.8. The molecular formula is C26H32FN5O3. The number of benzene rings is 2. The van der Waals surface area contributed by atoms with E-state index in [0.29, 0.717) is 48.9 Å². The predicted octanol–water partition coefficient (Wildman–Crippen LogP) is 4.41. The van der Waals surface area contributed by atoms with E-state index in [1.165, 1.54) is 12.1 Å². The van der Waals surface area contributed by atoms with Gasteiger partial charge in [0, 0.05) is 30.5 Å². The summed E-state index contributed by atoms with van der Waals surface area (Å²) in [6, 6.07) is 11.0. The molecule has 0 radical (unpaired) electrons. The number of carbonyl (C=O) groups is 1. The molecule has 35 heavy (non-hydrogen) atoms. The molecule has 3 aromatic rings. The highest BCUT2D eigenvalue weighted by molar-refractivity contribution is 6.10. The van der Waals surface area contributed by atoms with E-state index in [2.05, 4.69) is 20.7 Å². The first-order valence-electron chi connectivity index (χ1n) is 11.6. The van der Waals surface area contributed by atoms with Crippen molar-refractivity contribution in [3.63, 3.8) is 0 Å². The van der Waals surface area contributed by atoms with Crippen molar-refractivity contribution in [3.05, 3.63) is 70.8 Å². The van der Waals surface area contributed by atoms with Crippen LogP contribution in [0.5, 0.6) is 11.5 Å². The number of ether oxygens (including phenoxy) is 2. The quantitative estimate of drug-likeness (QED) is 0.349. The average Bonchev–Trinajstić information content (AvgIpc) is 3.06. The van der Waals surface area contributed by atoms with Gasteiger partial charge in [-0.15, -0.1) is 0 Å². The lowest BCUT2D eigenvalue weighted by Crippen LogP contribution is -2.36. The summed E-state index contributed by atoms with van der Waals surface area (Å²) in [7, 11) is 1.90. The van der Waals surface area contributed by atoms with Crippen LogP contribution in [0.25, 0.3) is 0 Å². The molecule has 3 rings (SSSR count). The lowest BCUT2D eigenvalue weighted by atomic mass is 10.1. The first kappa shape index (κ1) is 25.7. The van der Waals surface area contributed by atoms with E-state index >= 15 is 0 Å². The van der Waals surface area contributed by atoms with Gasteiger partial charge in [-0.3, -0.25) is 19.8 Å². The normalized spacial score (nSPS) is 11.3. The summed E-state index contributed by atoms with van der Waals surface area (Å²) in [5, 5.41) is 10.3. The van der Waals surface area contributed by atoms with Crippen LogP contribution in [0, 0.1) is 19.7 Å². The lowest BCUT2D eigenvalue weighted by Gasteiger charge is -2.14. The second kappa shape index (κ2) is 12.0. The van der Waals surface area contributed by atoms with Crippen LogP contribution < -0.4 is 20.1 Å². The molecule has 0 saturated carbocycles. The fraction of sp³-hybridized carbons (Fsp3) is 0.346. The molecular weight excluding hydrogens is 449 g/mol. The van der Waals surface area contributed by atoms with Gasteiger partial charge in [-0.25, -0.2) is 4.39 Å². The van der Waals surface area contributed by atoms with E-state index in [1.807, 2.05) is 39.4 Å². The number of aromatic nitrogens is 2. The number of carbonyl (C=O) groups excluding carboxylic acids is 1. The number of anilines is 1. The number of halogens is 1. The van der Waals surface area contributed by atoms with Crippen molar-refractivity contribution in [2.24, 2.45) is 12.0 Å². The van der Waals surface area contributed by atoms with Crippen molar-refractivity contribution < 1.29 is 18.7 Å². The molecule has 0 unspecified atom stereocenters. The van der Waals surface area contributed by atoms with E-state index < -0.39 is 5.82 Å². The smallest absolute Gasteiger partial charge is 0.258 e. The van der Waals surface area contributed by atoms with Gasteiger partial charge in [-0.05, 0) is 76.1 Å². The first-order valence-corrected chi connectivity index (χ1v) is 11.6. The number of hydrogen-bond donors (Lipinski definition) is 2. The molecule has 186 valence electrons. The Morgan fingerprint density at radius 3 is 2.49 bits per heavy atom. The Morgan fingerprint density at radius 2 is 1.83 bits per heavy atom. The molecule has 1 amide bonds. The number of guanidine groups is 1. The van der Waals surface area contributed by atoms with E-state index in [0.717, 1.165) is 17.0 Å². The zero-order valence-corrected chi connectivity index (χ0v) is 20.8. The number of hydrogen-bond acceptors (Lipinski definition) is 5. The van der Waals surface area contributed by atoms with Crippen LogP contribution in [0.15, 0.2) is 47.5 Å². The van der Waals surface area contributed by atoms with Gasteiger partial charge >= 0.3 is 0 Å². The van der Waals surface area contributed by atoms with Gasteiger partial charge in [0.1, 0.15) is 5.82 Å². The number of nitrogens with zero attached hydrogens (tertiary/aromatic N) is 3. The molecule has 1 aromatic heterocycles. The van der Waals surface area contributed by atoms with Crippen molar-refractivity contribution in [1.82, 2.24) is 15.1 Å². The molecule has 0 atom stereocenters. The van der Waals surface area contributed by atoms with Crippen molar-refractivity contribution in [3.8, 4) is 11.5 Å². The maximum atomic E-state index is 13.7. The Labute approximate surface area is 205 Å². The third-order valence-electron chi connectivity index (χ3n) is 5.42. The van der Waals surface area contributed by atoms with Gasteiger partial charge < -0.3 is 14.8 Å². The van der Waals surface area contributed by atoms with Gasteiger partial charge in [0.2, 0.25) is 5.96 Å². The van der Waals surface area contributed by atoms with E-state index in [9.17, 15) is 9.18 Å². The first-order chi connectivity index (χ1) is 16.8. The maximum absolute atomic E-state index is 13.7. The van der Waals surface area contributed by atoms with Crippen molar-refractivity contribution >= 4 is 17.6 Å². The van der Waals surface area contributed by atoms with Crippen molar-refractivity contribution in [2.45, 2.75) is 34.1 Å². The summed E-state index contributed by atoms with van der Waals surface area (Å²) in [6.07, 6.45) is 0.646. The van der Waals surface area contributed by atoms with Crippen LogP contribution in [0.3, 0.4) is 0 Å². The summed E-state index contributed by atoms with van der Waals surface area (Å²) in [4.78, 5) is 17.6. The topological polar surface area (TPSA) is 89.8 Å². The van der Waals surface area contributed by atoms with E-state index in [4.69, 9.17) is 9.47 Å². The van der Waals surface area contributed by atoms with Crippen LogP contribution in [0.2, 0.25) is 0 Å². The molecule has 0 spiro atoms. The molecule has 8 nitrogen and oxygen atoms in total. The monoisotopic (exact) mass is 481 g/mol. The van der Waals surface area contributed by atoms with Gasteiger partial charge in [-0.2, -0.15) is 5.10 Å². The van der Waals surface area contributed by atoms with Gasteiger partial charge in [-0.1, -0.05) is 6.07 Å². The predicted molar refractivity (Wildman–Crippen MR) is 135 cm³/mol. The van der Waals surface area contributed by atoms with Crippen LogP contribution in [0.4, 0.5) is 10.1 Å². The highest BCUT2D eigenvalue weighted by atomic mass is 19.1. The Hall–Kier alpha value is -3.88. The summed E-state index contributed by atoms with van der Waals surface area (Å²) in [5.74, 6) is 0.494. The summed E-state index contributed by atoms with van der Waals surface area (Å²) < 4.78 is 26.8. The van der Waals surface area contributed by atoms with Crippen LogP contribution in [-0.4, -0.2) is 41.4 Å². The second-order valence-electron chi connectivity index (χ2n) is 7.87. The molecule has 9 heteroatoms. The largest absolute Gasteiger partial charge is 0.490 e. The summed E-state index contributed by atoms with van der Waals surface area (Å²) in [5.41, 5.74) is 3.98. The molecule has 0 aliphatic rings. The van der Waals surface area contributed by atoms with Crippen molar-refractivity contribution in [1.29, 1.82) is 0 Å². The number of aryl methyl sites for hydroxylation is 2. The molecule has 0 aliphatic carbocycles. The summed E-state index contributed by atoms with van der Waals surface area (Å²) >= 11 is 0. The van der Waals surface area contributed by atoms with Crippen LogP contribution in [-0.2, 0) is 13.5 Å². The van der Waals surface area contributed by atoms with Crippen molar-refractivity contribution in [2.75, 3.05) is 25.1 Å². The van der Waals surface area contributed by atoms with E-state index in [1.54, 1.807) is 30.3 Å². The fourth-order valence-corrected chi connectivity index (χ4v) is 3.64. The standard InChI is InChI=1S/C26H32FN5O3/c1-6-34-23-12-11-19(15-24(23)35-7-2)25(33)30-26(29-21-10-8-9-20(27)16-21)28-14-13-22-17(3)31-32(5)18(22)4/h8-12,15-16H,6-7,13-14H2,1-5H3,(H2,28,29,30,33). The number of nitrogens with one attached hydrogen (secondary N) is 2. The molecule has 2 N–H and O–H groups in total. The number of rotatable bonds is 9. The fourth-order valence-electron chi connectivity index (χ4n) is 3.64. The SMILES string of the molecule is CCOc1ccc(C(=O)NC(=NCCc2c(C)nn(C)c2C)Nc2cccc(F)c2)cc1OCC. The highest BCUT2D eigenvalue weighted by Gasteiger charge is 2.15. The van der Waals surface area contributed by atoms with Crippen LogP contribution >= 0.6 is 0 Å². The lowest BCUT2D eigenvalue weighted by molar-refractivity contribution is 0.0976. The Kier molecular flexibility index (Phi) is 8.83. The third kappa shape index (κ3) is 6.81. The zero-order chi connectivity index (χ0) is 25.4. The highest BCUT2D eigenvalue weighted by Crippen LogP contribution is 2.28. The number of amides is 1. The minimum absolute atomic E-state index is 0.214. The minimum atomic E-state index is -0.393. The Bertz CT molecular complexity index is 1210. The third-order valence-corrected chi connectivity index (χ3v) is 5.42. The van der Waals surface area contributed by atoms with E-state index in [-0.39, 0.29) is 11.9 Å². The molecule has 2 aromatic carbocycles. The molecule has 0 bridgehead atoms. The molecule has 1 heterocycles. The maximum Gasteiger partial charge on any atom is 0.258 e. The van der Waals surface area contributed by atoms with Crippen LogP contribution in [0.1, 0.15) is 41.2 Å². The van der Waals surface area contributed by atoms with Gasteiger partial charge in [0.25, 0.3) is 5.91 Å². The average molecular weight is 482 g/mol. The number of aliphatic imine (C=N–C) groups is 1. The molecule has 0 saturated heterocycles. The van der Waals surface area contributed by atoms with Gasteiger partial charge in [0.15, 0.2) is 11.5 Å². The Balaban J connectivity index is 1.82. The summed E-state index contributed by atoms with van der Waals surface area (Å²) in [6.45, 7) is 9.03. The molecule has 0 fully saturated rings. The molecule has 0 aliphatic heterocycles.